The Kier molecular flexibility index (Phi) is 5.40. The summed E-state index contributed by atoms with van der Waals surface area (Å²) in [4.78, 5) is 33.8. The van der Waals surface area contributed by atoms with Crippen LogP contribution >= 0.6 is 0 Å². The van der Waals surface area contributed by atoms with Gasteiger partial charge in [0.15, 0.2) is 0 Å². The molecule has 2 amide bonds. The first kappa shape index (κ1) is 16.6. The Bertz CT molecular complexity index is 572. The molecule has 21 heavy (non-hydrogen) atoms. The fourth-order valence-electron chi connectivity index (χ4n) is 1.69. The summed E-state index contributed by atoms with van der Waals surface area (Å²) in [7, 11) is 0. The van der Waals surface area contributed by atoms with Gasteiger partial charge in [0, 0.05) is 12.5 Å². The number of rotatable bonds is 5. The molecule has 3 N–H and O–H groups in total. The minimum atomic E-state index is -1.16. The van der Waals surface area contributed by atoms with E-state index in [0.29, 0.717) is 0 Å². The third-order valence-corrected chi connectivity index (χ3v) is 2.76. The number of carboxylic acids is 1. The molecule has 0 aliphatic rings. The first-order valence-corrected chi connectivity index (χ1v) is 6.33. The van der Waals surface area contributed by atoms with E-state index in [1.807, 2.05) is 0 Å². The molecule has 0 saturated heterocycles. The average molecular weight is 296 g/mol. The fraction of sp³-hybridized carbons (Fsp3) is 0.357. The number of anilines is 1. The van der Waals surface area contributed by atoms with Crippen molar-refractivity contribution in [3.63, 3.8) is 0 Å². The number of benzene rings is 1. The smallest absolute Gasteiger partial charge is 0.326 e. The molecule has 0 heterocycles. The Hall–Kier alpha value is -2.44. The number of nitrogens with one attached hydrogen (secondary N) is 2. The van der Waals surface area contributed by atoms with Crippen molar-refractivity contribution < 1.29 is 23.9 Å². The lowest BCUT2D eigenvalue weighted by atomic mass is 10.0. The summed E-state index contributed by atoms with van der Waals surface area (Å²) < 4.78 is 13.7. The van der Waals surface area contributed by atoms with Gasteiger partial charge in [-0.15, -0.1) is 0 Å². The van der Waals surface area contributed by atoms with Crippen LogP contribution < -0.4 is 10.6 Å². The van der Waals surface area contributed by atoms with E-state index >= 15 is 0 Å². The molecule has 0 aliphatic heterocycles. The highest BCUT2D eigenvalue weighted by atomic mass is 19.1. The van der Waals surface area contributed by atoms with Crippen molar-refractivity contribution in [2.24, 2.45) is 5.92 Å². The Morgan fingerprint density at radius 3 is 2.29 bits per heavy atom. The van der Waals surface area contributed by atoms with E-state index in [-0.39, 0.29) is 17.2 Å². The molecule has 1 atom stereocenters. The van der Waals surface area contributed by atoms with E-state index in [9.17, 15) is 18.8 Å². The van der Waals surface area contributed by atoms with Crippen molar-refractivity contribution in [2.75, 3.05) is 5.32 Å². The number of hydrogen-bond donors (Lipinski definition) is 3. The van der Waals surface area contributed by atoms with E-state index in [1.165, 1.54) is 19.1 Å². The highest BCUT2D eigenvalue weighted by molar-refractivity contribution is 5.97. The molecule has 114 valence electrons. The first-order chi connectivity index (χ1) is 9.72. The van der Waals surface area contributed by atoms with Crippen molar-refractivity contribution in [3.05, 3.63) is 29.6 Å². The summed E-state index contributed by atoms with van der Waals surface area (Å²) in [5.41, 5.74) is -0.0637. The number of hydrogen-bond acceptors (Lipinski definition) is 3. The molecule has 0 aliphatic carbocycles. The van der Waals surface area contributed by atoms with E-state index in [0.717, 1.165) is 6.07 Å². The Morgan fingerprint density at radius 2 is 1.86 bits per heavy atom. The lowest BCUT2D eigenvalue weighted by molar-refractivity contribution is -0.140. The number of amides is 2. The summed E-state index contributed by atoms with van der Waals surface area (Å²) in [5.74, 6) is -3.36. The van der Waals surface area contributed by atoms with Gasteiger partial charge < -0.3 is 15.7 Å². The summed E-state index contributed by atoms with van der Waals surface area (Å²) in [6.07, 6.45) is 0. The van der Waals surface area contributed by atoms with Crippen molar-refractivity contribution in [3.8, 4) is 0 Å². The molecule has 0 bridgehead atoms. The van der Waals surface area contributed by atoms with Crippen LogP contribution in [-0.2, 0) is 9.59 Å². The summed E-state index contributed by atoms with van der Waals surface area (Å²) >= 11 is 0. The molecule has 6 nitrogen and oxygen atoms in total. The quantitative estimate of drug-likeness (QED) is 0.769. The largest absolute Gasteiger partial charge is 0.480 e. The van der Waals surface area contributed by atoms with Crippen LogP contribution in [-0.4, -0.2) is 28.9 Å². The van der Waals surface area contributed by atoms with E-state index in [1.54, 1.807) is 13.8 Å². The molecule has 1 aromatic rings. The maximum absolute atomic E-state index is 13.7. The van der Waals surface area contributed by atoms with Crippen LogP contribution in [0.5, 0.6) is 0 Å². The second-order valence-electron chi connectivity index (χ2n) is 4.91. The molecule has 0 fully saturated rings. The Balaban J connectivity index is 2.91. The van der Waals surface area contributed by atoms with Crippen LogP contribution in [0.1, 0.15) is 31.1 Å². The van der Waals surface area contributed by atoms with Gasteiger partial charge >= 0.3 is 5.97 Å². The van der Waals surface area contributed by atoms with E-state index < -0.39 is 29.6 Å². The Morgan fingerprint density at radius 1 is 1.24 bits per heavy atom. The maximum Gasteiger partial charge on any atom is 0.326 e. The highest BCUT2D eigenvalue weighted by Gasteiger charge is 2.24. The standard InChI is InChI=1S/C14H17FN2O4/c1-7(2)12(14(20)21)17-13(19)9-4-5-11(10(15)6-9)16-8(3)18/h4-7,12H,1-3H3,(H,16,18)(H,17,19)(H,20,21)/t12-/m0/s1. The molecule has 1 rings (SSSR count). The van der Waals surface area contributed by atoms with E-state index in [4.69, 9.17) is 5.11 Å². The molecule has 0 unspecified atom stereocenters. The molecule has 0 aromatic heterocycles. The van der Waals surface area contributed by atoms with Crippen LogP contribution in [0.4, 0.5) is 10.1 Å². The van der Waals surface area contributed by atoms with Gasteiger partial charge in [0.2, 0.25) is 5.91 Å². The van der Waals surface area contributed by atoms with Gasteiger partial charge in [-0.25, -0.2) is 9.18 Å². The van der Waals surface area contributed by atoms with Crippen LogP contribution in [0, 0.1) is 11.7 Å². The molecule has 0 spiro atoms. The first-order valence-electron chi connectivity index (χ1n) is 6.33. The fourth-order valence-corrected chi connectivity index (χ4v) is 1.69. The number of carboxylic acid groups (broad SMARTS) is 1. The zero-order valence-corrected chi connectivity index (χ0v) is 11.9. The monoisotopic (exact) mass is 296 g/mol. The average Bonchev–Trinajstić information content (AvgIpc) is 2.36. The second-order valence-corrected chi connectivity index (χ2v) is 4.91. The van der Waals surface area contributed by atoms with Gasteiger partial charge in [0.05, 0.1) is 5.69 Å². The van der Waals surface area contributed by atoms with Gasteiger partial charge in [-0.3, -0.25) is 9.59 Å². The highest BCUT2D eigenvalue weighted by Crippen LogP contribution is 2.16. The third-order valence-electron chi connectivity index (χ3n) is 2.76. The molecule has 0 radical (unpaired) electrons. The van der Waals surface area contributed by atoms with Gasteiger partial charge in [0.1, 0.15) is 11.9 Å². The van der Waals surface area contributed by atoms with Crippen molar-refractivity contribution >= 4 is 23.5 Å². The topological polar surface area (TPSA) is 95.5 Å². The summed E-state index contributed by atoms with van der Waals surface area (Å²) in [5, 5.41) is 13.6. The lowest BCUT2D eigenvalue weighted by Crippen LogP contribution is -2.44. The summed E-state index contributed by atoms with van der Waals surface area (Å²) in [6.45, 7) is 4.54. The van der Waals surface area contributed by atoms with Gasteiger partial charge in [0.25, 0.3) is 5.91 Å². The predicted molar refractivity (Wildman–Crippen MR) is 74.4 cm³/mol. The number of carbonyl (C=O) groups excluding carboxylic acids is 2. The van der Waals surface area contributed by atoms with E-state index in [2.05, 4.69) is 10.6 Å². The molecule has 7 heteroatoms. The zero-order valence-electron chi connectivity index (χ0n) is 11.9. The van der Waals surface area contributed by atoms with Crippen LogP contribution in [0.3, 0.4) is 0 Å². The van der Waals surface area contributed by atoms with Crippen molar-refractivity contribution in [1.29, 1.82) is 0 Å². The van der Waals surface area contributed by atoms with Gasteiger partial charge in [-0.2, -0.15) is 0 Å². The maximum atomic E-state index is 13.7. The molecular weight excluding hydrogens is 279 g/mol. The van der Waals surface area contributed by atoms with Gasteiger partial charge in [-0.1, -0.05) is 13.8 Å². The SMILES string of the molecule is CC(=O)Nc1ccc(C(=O)N[C@H](C(=O)O)C(C)C)cc1F. The van der Waals surface area contributed by atoms with Crippen LogP contribution in [0.2, 0.25) is 0 Å². The van der Waals surface area contributed by atoms with Crippen LogP contribution in [0.25, 0.3) is 0 Å². The zero-order chi connectivity index (χ0) is 16.2. The third kappa shape index (κ3) is 4.55. The van der Waals surface area contributed by atoms with Crippen molar-refractivity contribution in [2.45, 2.75) is 26.8 Å². The lowest BCUT2D eigenvalue weighted by Gasteiger charge is -2.18. The molecule has 0 saturated carbocycles. The predicted octanol–water partition coefficient (Wildman–Crippen LogP) is 1.62. The Labute approximate surface area is 121 Å². The van der Waals surface area contributed by atoms with Gasteiger partial charge in [-0.05, 0) is 24.1 Å². The normalized spacial score (nSPS) is 11.9. The summed E-state index contributed by atoms with van der Waals surface area (Å²) in [6, 6.07) is 2.44. The number of carbonyl (C=O) groups is 3. The number of halogens is 1. The minimum absolute atomic E-state index is 0.0199. The minimum Gasteiger partial charge on any atom is -0.480 e. The van der Waals surface area contributed by atoms with Crippen molar-refractivity contribution in [1.82, 2.24) is 5.32 Å². The molecular formula is C14H17FN2O4. The number of aliphatic carboxylic acids is 1. The molecule has 1 aromatic carbocycles. The second kappa shape index (κ2) is 6.83. The van der Waals surface area contributed by atoms with Crippen LogP contribution in [0.15, 0.2) is 18.2 Å².